The average Bonchev–Trinajstić information content (AvgIpc) is 2.84. The lowest BCUT2D eigenvalue weighted by atomic mass is 10.1. The molecule has 2 amide bonds. The molecule has 3 aromatic rings. The minimum atomic E-state index is -0.266. The van der Waals surface area contributed by atoms with Crippen molar-refractivity contribution in [3.05, 3.63) is 83.4 Å². The van der Waals surface area contributed by atoms with Crippen LogP contribution in [0.2, 0.25) is 5.02 Å². The molecule has 7 heteroatoms. The molecule has 0 spiro atoms. The number of halogens is 1. The fourth-order valence-corrected chi connectivity index (χ4v) is 3.53. The highest BCUT2D eigenvalue weighted by molar-refractivity contribution is 6.33. The van der Waals surface area contributed by atoms with Gasteiger partial charge >= 0.3 is 0 Å². The number of ether oxygens (including phenoxy) is 1. The van der Waals surface area contributed by atoms with E-state index in [0.717, 1.165) is 24.9 Å². The molecule has 34 heavy (non-hydrogen) atoms. The summed E-state index contributed by atoms with van der Waals surface area (Å²) in [4.78, 5) is 24.4. The Balaban J connectivity index is 1.50. The van der Waals surface area contributed by atoms with Gasteiger partial charge < -0.3 is 20.7 Å². The SMILES string of the molecule is CCCC(=O)Nc1ccc(Cl)c(NC(=O)CNc2ccccc2OCCCc2ccccc2)c1. The van der Waals surface area contributed by atoms with Crippen LogP contribution in [0, 0.1) is 0 Å². The Morgan fingerprint density at radius 1 is 0.882 bits per heavy atom. The van der Waals surface area contributed by atoms with E-state index in [4.69, 9.17) is 16.3 Å². The topological polar surface area (TPSA) is 79.5 Å². The molecular weight excluding hydrogens is 450 g/mol. The second kappa shape index (κ2) is 13.3. The normalized spacial score (nSPS) is 10.4. The van der Waals surface area contributed by atoms with Crippen molar-refractivity contribution in [2.24, 2.45) is 0 Å². The second-order valence-electron chi connectivity index (χ2n) is 7.83. The molecule has 0 heterocycles. The van der Waals surface area contributed by atoms with Crippen LogP contribution in [-0.2, 0) is 16.0 Å². The van der Waals surface area contributed by atoms with Crippen molar-refractivity contribution < 1.29 is 14.3 Å². The van der Waals surface area contributed by atoms with Crippen LogP contribution in [0.3, 0.4) is 0 Å². The molecule has 3 N–H and O–H groups in total. The third-order valence-corrected chi connectivity index (χ3v) is 5.37. The first-order chi connectivity index (χ1) is 16.5. The molecule has 3 aromatic carbocycles. The molecule has 0 aromatic heterocycles. The first-order valence-corrected chi connectivity index (χ1v) is 11.8. The van der Waals surface area contributed by atoms with Gasteiger partial charge in [-0.15, -0.1) is 0 Å². The van der Waals surface area contributed by atoms with E-state index in [1.807, 2.05) is 49.4 Å². The summed E-state index contributed by atoms with van der Waals surface area (Å²) in [5, 5.41) is 9.11. The first kappa shape index (κ1) is 25.1. The van der Waals surface area contributed by atoms with Crippen LogP contribution in [0.5, 0.6) is 5.75 Å². The van der Waals surface area contributed by atoms with Gasteiger partial charge in [-0.2, -0.15) is 0 Å². The highest BCUT2D eigenvalue weighted by Crippen LogP contribution is 2.26. The molecule has 0 radical (unpaired) electrons. The van der Waals surface area contributed by atoms with Gasteiger partial charge in [0.15, 0.2) is 0 Å². The second-order valence-corrected chi connectivity index (χ2v) is 8.24. The van der Waals surface area contributed by atoms with Gasteiger partial charge in [0, 0.05) is 12.1 Å². The summed E-state index contributed by atoms with van der Waals surface area (Å²) in [6.07, 6.45) is 3.02. The van der Waals surface area contributed by atoms with Gasteiger partial charge in [-0.25, -0.2) is 0 Å². The summed E-state index contributed by atoms with van der Waals surface area (Å²) in [6, 6.07) is 22.8. The predicted molar refractivity (Wildman–Crippen MR) is 139 cm³/mol. The van der Waals surface area contributed by atoms with Crippen LogP contribution in [0.15, 0.2) is 72.8 Å². The zero-order valence-electron chi connectivity index (χ0n) is 19.3. The van der Waals surface area contributed by atoms with Gasteiger partial charge in [0.2, 0.25) is 11.8 Å². The number of hydrogen-bond acceptors (Lipinski definition) is 4. The van der Waals surface area contributed by atoms with Crippen LogP contribution >= 0.6 is 11.6 Å². The number of nitrogens with one attached hydrogen (secondary N) is 3. The molecule has 0 unspecified atom stereocenters. The molecule has 3 rings (SSSR count). The van der Waals surface area contributed by atoms with E-state index in [-0.39, 0.29) is 18.4 Å². The molecule has 0 aliphatic heterocycles. The lowest BCUT2D eigenvalue weighted by Gasteiger charge is -2.14. The minimum Gasteiger partial charge on any atom is -0.491 e. The third-order valence-electron chi connectivity index (χ3n) is 5.04. The molecule has 0 bridgehead atoms. The van der Waals surface area contributed by atoms with Crippen molar-refractivity contribution in [3.63, 3.8) is 0 Å². The van der Waals surface area contributed by atoms with Crippen molar-refractivity contribution in [1.82, 2.24) is 0 Å². The number of benzene rings is 3. The Hall–Kier alpha value is -3.51. The standard InChI is InChI=1S/C27H30ClN3O3/c1-2-9-26(32)30-21-15-16-22(28)24(18-21)31-27(33)19-29-23-13-6-7-14-25(23)34-17-8-12-20-10-4-3-5-11-20/h3-7,10-11,13-16,18,29H,2,8-9,12,17,19H2,1H3,(H,30,32)(H,31,33). The summed E-state index contributed by atoms with van der Waals surface area (Å²) in [7, 11) is 0. The molecule has 0 saturated carbocycles. The maximum absolute atomic E-state index is 12.5. The number of rotatable bonds is 12. The Kier molecular flexibility index (Phi) is 9.80. The molecule has 178 valence electrons. The summed E-state index contributed by atoms with van der Waals surface area (Å²) in [6.45, 7) is 2.55. The molecule has 0 fully saturated rings. The number of amides is 2. The van der Waals surface area contributed by atoms with Gasteiger partial charge in [0.25, 0.3) is 0 Å². The number of para-hydroxylation sites is 2. The van der Waals surface area contributed by atoms with Crippen LogP contribution in [0.25, 0.3) is 0 Å². The number of carbonyl (C=O) groups is 2. The van der Waals surface area contributed by atoms with Gasteiger partial charge in [-0.1, -0.05) is 61.0 Å². The smallest absolute Gasteiger partial charge is 0.243 e. The van der Waals surface area contributed by atoms with E-state index in [9.17, 15) is 9.59 Å². The summed E-state index contributed by atoms with van der Waals surface area (Å²) in [5.74, 6) is 0.351. The molecular formula is C27H30ClN3O3. The van der Waals surface area contributed by atoms with Gasteiger partial charge in [-0.05, 0) is 55.2 Å². The van der Waals surface area contributed by atoms with E-state index in [1.165, 1.54) is 5.56 Å². The Morgan fingerprint density at radius 2 is 1.65 bits per heavy atom. The fraction of sp³-hybridized carbons (Fsp3) is 0.259. The number of hydrogen-bond donors (Lipinski definition) is 3. The first-order valence-electron chi connectivity index (χ1n) is 11.4. The summed E-state index contributed by atoms with van der Waals surface area (Å²) in [5.41, 5.74) is 3.04. The Labute approximate surface area is 205 Å². The highest BCUT2D eigenvalue weighted by Gasteiger charge is 2.10. The molecule has 0 aliphatic rings. The fourth-order valence-electron chi connectivity index (χ4n) is 3.36. The predicted octanol–water partition coefficient (Wildman–Crippen LogP) is 6.14. The van der Waals surface area contributed by atoms with Crippen molar-refractivity contribution in [1.29, 1.82) is 0 Å². The molecule has 0 aliphatic carbocycles. The van der Waals surface area contributed by atoms with Crippen molar-refractivity contribution in [2.75, 3.05) is 29.1 Å². The molecule has 0 saturated heterocycles. The highest BCUT2D eigenvalue weighted by atomic mass is 35.5. The Bertz CT molecular complexity index is 1090. The lowest BCUT2D eigenvalue weighted by Crippen LogP contribution is -2.22. The number of aryl methyl sites for hydroxylation is 1. The minimum absolute atomic E-state index is 0.0349. The largest absolute Gasteiger partial charge is 0.491 e. The van der Waals surface area contributed by atoms with Crippen LogP contribution in [0.4, 0.5) is 17.1 Å². The monoisotopic (exact) mass is 479 g/mol. The van der Waals surface area contributed by atoms with Gasteiger partial charge in [0.1, 0.15) is 5.75 Å². The van der Waals surface area contributed by atoms with Crippen LogP contribution < -0.4 is 20.7 Å². The van der Waals surface area contributed by atoms with Crippen LogP contribution in [0.1, 0.15) is 31.7 Å². The molecule has 0 atom stereocenters. The maximum atomic E-state index is 12.5. The molecule has 6 nitrogen and oxygen atoms in total. The maximum Gasteiger partial charge on any atom is 0.243 e. The number of carbonyl (C=O) groups excluding carboxylic acids is 2. The van der Waals surface area contributed by atoms with Gasteiger partial charge in [-0.3, -0.25) is 9.59 Å². The summed E-state index contributed by atoms with van der Waals surface area (Å²) < 4.78 is 5.95. The van der Waals surface area contributed by atoms with Crippen molar-refractivity contribution in [3.8, 4) is 5.75 Å². The summed E-state index contributed by atoms with van der Waals surface area (Å²) >= 11 is 6.23. The zero-order valence-corrected chi connectivity index (χ0v) is 20.0. The van der Waals surface area contributed by atoms with E-state index >= 15 is 0 Å². The van der Waals surface area contributed by atoms with E-state index < -0.39 is 0 Å². The number of anilines is 3. The van der Waals surface area contributed by atoms with E-state index in [1.54, 1.807) is 18.2 Å². The Morgan fingerprint density at radius 3 is 2.44 bits per heavy atom. The lowest BCUT2D eigenvalue weighted by molar-refractivity contribution is -0.116. The van der Waals surface area contributed by atoms with Crippen LogP contribution in [-0.4, -0.2) is 25.0 Å². The average molecular weight is 480 g/mol. The quantitative estimate of drug-likeness (QED) is 0.272. The van der Waals surface area contributed by atoms with Crippen molar-refractivity contribution in [2.45, 2.75) is 32.6 Å². The van der Waals surface area contributed by atoms with Gasteiger partial charge in [0.05, 0.1) is 29.5 Å². The zero-order chi connectivity index (χ0) is 24.2. The van der Waals surface area contributed by atoms with Crippen molar-refractivity contribution >= 4 is 40.5 Å². The van der Waals surface area contributed by atoms with E-state index in [2.05, 4.69) is 28.1 Å². The third kappa shape index (κ3) is 8.12. The van der Waals surface area contributed by atoms with E-state index in [0.29, 0.717) is 35.2 Å².